The van der Waals surface area contributed by atoms with Crippen LogP contribution in [0.1, 0.15) is 28.8 Å². The van der Waals surface area contributed by atoms with Crippen LogP contribution in [-0.4, -0.2) is 55.6 Å². The molecular formula is C21H28N4O. The van der Waals surface area contributed by atoms with Gasteiger partial charge in [-0.3, -0.25) is 9.69 Å². The van der Waals surface area contributed by atoms with Gasteiger partial charge >= 0.3 is 0 Å². The molecule has 2 aromatic rings. The lowest BCUT2D eigenvalue weighted by Crippen LogP contribution is -2.44. The van der Waals surface area contributed by atoms with Crippen molar-refractivity contribution in [3.63, 3.8) is 0 Å². The standard InChI is InChI=1S/C21H28N4O/c1-24(2)20-19(11-8-12-22-20)21(26)23-16-18(25-13-6-7-14-25)15-17-9-4-3-5-10-17/h3-5,8-12,18H,6-7,13-16H2,1-2H3,(H,23,26). The van der Waals surface area contributed by atoms with Crippen molar-refractivity contribution < 1.29 is 4.79 Å². The zero-order valence-corrected chi connectivity index (χ0v) is 15.7. The molecule has 138 valence electrons. The summed E-state index contributed by atoms with van der Waals surface area (Å²) in [5.74, 6) is 0.643. The van der Waals surface area contributed by atoms with Gasteiger partial charge < -0.3 is 10.2 Å². The average molecular weight is 352 g/mol. The van der Waals surface area contributed by atoms with Crippen LogP contribution in [-0.2, 0) is 6.42 Å². The molecule has 0 saturated carbocycles. The molecule has 1 atom stereocenters. The van der Waals surface area contributed by atoms with Gasteiger partial charge in [-0.05, 0) is 50.0 Å². The highest BCUT2D eigenvalue weighted by atomic mass is 16.1. The molecule has 1 aromatic heterocycles. The van der Waals surface area contributed by atoms with Crippen LogP contribution in [0.15, 0.2) is 48.7 Å². The maximum atomic E-state index is 12.7. The second kappa shape index (κ2) is 8.81. The molecule has 3 rings (SSSR count). The van der Waals surface area contributed by atoms with Crippen molar-refractivity contribution in [2.24, 2.45) is 0 Å². The summed E-state index contributed by atoms with van der Waals surface area (Å²) >= 11 is 0. The second-order valence-corrected chi connectivity index (χ2v) is 7.07. The fraction of sp³-hybridized carbons (Fsp3) is 0.429. The number of pyridine rings is 1. The summed E-state index contributed by atoms with van der Waals surface area (Å²) in [5, 5.41) is 3.14. The lowest BCUT2D eigenvalue weighted by Gasteiger charge is -2.28. The molecule has 1 aliphatic rings. The summed E-state index contributed by atoms with van der Waals surface area (Å²) in [4.78, 5) is 21.4. The van der Waals surface area contributed by atoms with Crippen molar-refractivity contribution in [1.82, 2.24) is 15.2 Å². The smallest absolute Gasteiger partial charge is 0.255 e. The SMILES string of the molecule is CN(C)c1ncccc1C(=O)NCC(Cc1ccccc1)N1CCCC1. The van der Waals surface area contributed by atoms with Crippen molar-refractivity contribution in [2.75, 3.05) is 38.6 Å². The number of amides is 1. The average Bonchev–Trinajstić information content (AvgIpc) is 3.20. The monoisotopic (exact) mass is 352 g/mol. The van der Waals surface area contributed by atoms with Crippen molar-refractivity contribution in [2.45, 2.75) is 25.3 Å². The van der Waals surface area contributed by atoms with Gasteiger partial charge in [0.05, 0.1) is 5.56 Å². The van der Waals surface area contributed by atoms with E-state index >= 15 is 0 Å². The minimum Gasteiger partial charge on any atom is -0.362 e. The molecule has 0 bridgehead atoms. The van der Waals surface area contributed by atoms with Gasteiger partial charge in [0.2, 0.25) is 0 Å². The molecule has 1 amide bonds. The Morgan fingerprint density at radius 2 is 1.88 bits per heavy atom. The van der Waals surface area contributed by atoms with E-state index in [4.69, 9.17) is 0 Å². The van der Waals surface area contributed by atoms with Crippen molar-refractivity contribution in [3.8, 4) is 0 Å². The Bertz CT molecular complexity index is 711. The Morgan fingerprint density at radius 1 is 1.15 bits per heavy atom. The van der Waals surface area contributed by atoms with Crippen molar-refractivity contribution in [3.05, 3.63) is 59.8 Å². The number of carbonyl (C=O) groups excluding carboxylic acids is 1. The molecule has 26 heavy (non-hydrogen) atoms. The van der Waals surface area contributed by atoms with E-state index in [0.29, 0.717) is 24.0 Å². The molecule has 2 heterocycles. The number of benzene rings is 1. The number of likely N-dealkylation sites (tertiary alicyclic amines) is 1. The highest BCUT2D eigenvalue weighted by Gasteiger charge is 2.23. The van der Waals surface area contributed by atoms with Crippen LogP contribution in [0.5, 0.6) is 0 Å². The predicted molar refractivity (Wildman–Crippen MR) is 106 cm³/mol. The summed E-state index contributed by atoms with van der Waals surface area (Å²) in [6.45, 7) is 2.88. The minimum atomic E-state index is -0.0564. The Labute approximate surface area is 156 Å². The highest BCUT2D eigenvalue weighted by molar-refractivity contribution is 5.98. The fourth-order valence-electron chi connectivity index (χ4n) is 3.56. The van der Waals surface area contributed by atoms with E-state index in [1.54, 1.807) is 6.20 Å². The summed E-state index contributed by atoms with van der Waals surface area (Å²) in [7, 11) is 3.81. The normalized spacial score (nSPS) is 15.6. The zero-order valence-electron chi connectivity index (χ0n) is 15.7. The fourth-order valence-corrected chi connectivity index (χ4v) is 3.56. The van der Waals surface area contributed by atoms with Crippen LogP contribution in [0.2, 0.25) is 0 Å². The third-order valence-electron chi connectivity index (χ3n) is 4.92. The zero-order chi connectivity index (χ0) is 18.4. The number of aromatic nitrogens is 1. The van der Waals surface area contributed by atoms with Gasteiger partial charge in [-0.15, -0.1) is 0 Å². The van der Waals surface area contributed by atoms with Gasteiger partial charge in [-0.2, -0.15) is 0 Å². The highest BCUT2D eigenvalue weighted by Crippen LogP contribution is 2.17. The van der Waals surface area contributed by atoms with E-state index in [1.807, 2.05) is 37.2 Å². The third kappa shape index (κ3) is 4.61. The molecule has 1 unspecified atom stereocenters. The van der Waals surface area contributed by atoms with Gasteiger partial charge in [0, 0.05) is 32.9 Å². The van der Waals surface area contributed by atoms with Crippen molar-refractivity contribution >= 4 is 11.7 Å². The molecule has 1 aliphatic heterocycles. The summed E-state index contributed by atoms with van der Waals surface area (Å²) in [6, 6.07) is 14.5. The molecule has 0 radical (unpaired) electrons. The molecule has 5 nitrogen and oxygen atoms in total. The van der Waals surface area contributed by atoms with Crippen LogP contribution < -0.4 is 10.2 Å². The molecule has 1 aromatic carbocycles. The maximum Gasteiger partial charge on any atom is 0.255 e. The summed E-state index contributed by atoms with van der Waals surface area (Å²) < 4.78 is 0. The van der Waals surface area contributed by atoms with E-state index in [0.717, 1.165) is 19.5 Å². The van der Waals surface area contributed by atoms with Gasteiger partial charge in [0.25, 0.3) is 5.91 Å². The number of hydrogen-bond donors (Lipinski definition) is 1. The summed E-state index contributed by atoms with van der Waals surface area (Å²) in [6.07, 6.45) is 5.16. The Morgan fingerprint density at radius 3 is 2.58 bits per heavy atom. The first kappa shape index (κ1) is 18.4. The first-order chi connectivity index (χ1) is 12.6. The molecule has 1 fully saturated rings. The first-order valence-corrected chi connectivity index (χ1v) is 9.33. The maximum absolute atomic E-state index is 12.7. The Balaban J connectivity index is 1.68. The van der Waals surface area contributed by atoms with Crippen LogP contribution in [0.3, 0.4) is 0 Å². The number of hydrogen-bond acceptors (Lipinski definition) is 4. The topological polar surface area (TPSA) is 48.5 Å². The number of nitrogens with zero attached hydrogens (tertiary/aromatic N) is 3. The van der Waals surface area contributed by atoms with Crippen LogP contribution in [0, 0.1) is 0 Å². The molecule has 1 N–H and O–H groups in total. The van der Waals surface area contributed by atoms with Crippen LogP contribution in [0.25, 0.3) is 0 Å². The van der Waals surface area contributed by atoms with Gasteiger partial charge in [-0.1, -0.05) is 30.3 Å². The van der Waals surface area contributed by atoms with E-state index in [-0.39, 0.29) is 5.91 Å². The first-order valence-electron chi connectivity index (χ1n) is 9.33. The number of nitrogens with one attached hydrogen (secondary N) is 1. The molecule has 1 saturated heterocycles. The van der Waals surface area contributed by atoms with E-state index < -0.39 is 0 Å². The van der Waals surface area contributed by atoms with Crippen molar-refractivity contribution in [1.29, 1.82) is 0 Å². The van der Waals surface area contributed by atoms with Crippen LogP contribution >= 0.6 is 0 Å². The van der Waals surface area contributed by atoms with E-state index in [9.17, 15) is 4.79 Å². The number of carbonyl (C=O) groups is 1. The van der Waals surface area contributed by atoms with E-state index in [1.165, 1.54) is 18.4 Å². The predicted octanol–water partition coefficient (Wildman–Crippen LogP) is 2.58. The Kier molecular flexibility index (Phi) is 6.23. The largest absolute Gasteiger partial charge is 0.362 e. The number of anilines is 1. The molecule has 0 aliphatic carbocycles. The quantitative estimate of drug-likeness (QED) is 0.832. The lowest BCUT2D eigenvalue weighted by atomic mass is 10.0. The molecule has 5 heteroatoms. The van der Waals surface area contributed by atoms with Gasteiger partial charge in [0.1, 0.15) is 5.82 Å². The Hall–Kier alpha value is -2.40. The van der Waals surface area contributed by atoms with Gasteiger partial charge in [-0.25, -0.2) is 4.98 Å². The molecule has 0 spiro atoms. The summed E-state index contributed by atoms with van der Waals surface area (Å²) in [5.41, 5.74) is 1.94. The lowest BCUT2D eigenvalue weighted by molar-refractivity contribution is 0.0938. The number of rotatable bonds is 7. The van der Waals surface area contributed by atoms with Gasteiger partial charge in [0.15, 0.2) is 0 Å². The van der Waals surface area contributed by atoms with Crippen LogP contribution in [0.4, 0.5) is 5.82 Å². The van der Waals surface area contributed by atoms with E-state index in [2.05, 4.69) is 39.5 Å². The minimum absolute atomic E-state index is 0.0564. The molecular weight excluding hydrogens is 324 g/mol. The third-order valence-corrected chi connectivity index (χ3v) is 4.92. The second-order valence-electron chi connectivity index (χ2n) is 7.07.